The smallest absolute Gasteiger partial charge is 0.191 e. The van der Waals surface area contributed by atoms with E-state index in [4.69, 9.17) is 9.69 Å². The second kappa shape index (κ2) is 7.30. The van der Waals surface area contributed by atoms with Gasteiger partial charge in [0.25, 0.3) is 0 Å². The van der Waals surface area contributed by atoms with Crippen molar-refractivity contribution in [2.45, 2.75) is 50.6 Å². The van der Waals surface area contributed by atoms with Crippen molar-refractivity contribution in [3.63, 3.8) is 0 Å². The Kier molecular flexibility index (Phi) is 6.31. The minimum absolute atomic E-state index is 0.200. The molecule has 0 fully saturated rings. The van der Waals surface area contributed by atoms with E-state index in [0.29, 0.717) is 0 Å². The molecule has 110 valence electrons. The Balaban J connectivity index is 2.60. The van der Waals surface area contributed by atoms with Crippen molar-refractivity contribution in [2.24, 2.45) is 0 Å². The Bertz CT molecular complexity index is 448. The number of thioether (sulfide) groups is 1. The van der Waals surface area contributed by atoms with E-state index < -0.39 is 8.32 Å². The average Bonchev–Trinajstić information content (AvgIpc) is 2.37. The lowest BCUT2D eigenvalue weighted by Crippen LogP contribution is -2.41. The molecule has 0 bridgehead atoms. The highest BCUT2D eigenvalue weighted by molar-refractivity contribution is 8.03. The molecule has 0 saturated carbocycles. The lowest BCUT2D eigenvalue weighted by molar-refractivity contribution is 0.281. The summed E-state index contributed by atoms with van der Waals surface area (Å²) in [6, 6.07) is 10.2. The Labute approximate surface area is 128 Å². The molecular weight excluding hydrogens is 282 g/mol. The molecule has 0 aliphatic heterocycles. The molecule has 1 aromatic rings. The van der Waals surface area contributed by atoms with E-state index in [9.17, 15) is 0 Å². The fraction of sp³-hybridized carbons (Fsp3) is 0.562. The Morgan fingerprint density at radius 1 is 1.25 bits per heavy atom. The molecule has 0 radical (unpaired) electrons. The lowest BCUT2D eigenvalue weighted by Gasteiger charge is -2.36. The monoisotopic (exact) mass is 307 g/mol. The highest BCUT2D eigenvalue weighted by atomic mass is 32.2. The van der Waals surface area contributed by atoms with Crippen molar-refractivity contribution >= 4 is 20.1 Å². The fourth-order valence-electron chi connectivity index (χ4n) is 1.66. The Morgan fingerprint density at radius 2 is 1.85 bits per heavy atom. The van der Waals surface area contributed by atoms with Gasteiger partial charge in [-0.15, -0.1) is 0 Å². The third kappa shape index (κ3) is 4.97. The second-order valence-corrected chi connectivity index (χ2v) is 12.3. The number of benzene rings is 1. The summed E-state index contributed by atoms with van der Waals surface area (Å²) in [6.45, 7) is 12.0. The number of hydrogen-bond donors (Lipinski definition) is 0. The molecule has 0 saturated heterocycles. The van der Waals surface area contributed by atoms with E-state index in [0.717, 1.165) is 13.0 Å². The number of nitrogens with zero attached hydrogens (tertiary/aromatic N) is 1. The summed E-state index contributed by atoms with van der Waals surface area (Å²) in [6.07, 6.45) is 0.884. The van der Waals surface area contributed by atoms with Crippen LogP contribution >= 0.6 is 11.8 Å². The van der Waals surface area contributed by atoms with Crippen LogP contribution in [0.1, 0.15) is 38.0 Å². The zero-order valence-electron chi connectivity index (χ0n) is 13.1. The van der Waals surface area contributed by atoms with Crippen molar-refractivity contribution in [2.75, 3.05) is 6.61 Å². The van der Waals surface area contributed by atoms with E-state index in [2.05, 4.69) is 51.4 Å². The molecule has 2 nitrogen and oxygen atoms in total. The van der Waals surface area contributed by atoms with Gasteiger partial charge < -0.3 is 4.43 Å². The van der Waals surface area contributed by atoms with Crippen molar-refractivity contribution in [1.82, 2.24) is 0 Å². The summed E-state index contributed by atoms with van der Waals surface area (Å²) < 4.78 is 6.21. The molecule has 0 aliphatic carbocycles. The van der Waals surface area contributed by atoms with Gasteiger partial charge in [0, 0.05) is 11.9 Å². The average molecular weight is 308 g/mol. The summed E-state index contributed by atoms with van der Waals surface area (Å²) in [7, 11) is -1.69. The Hall–Kier alpha value is -0.763. The first-order valence-corrected chi connectivity index (χ1v) is 10.8. The van der Waals surface area contributed by atoms with Gasteiger partial charge >= 0.3 is 0 Å². The second-order valence-electron chi connectivity index (χ2n) is 6.51. The largest absolute Gasteiger partial charge is 0.417 e. The molecule has 0 aliphatic rings. The maximum absolute atomic E-state index is 8.97. The topological polar surface area (TPSA) is 33.0 Å². The summed E-state index contributed by atoms with van der Waals surface area (Å²) in [5.41, 5.74) is 1.21. The first-order valence-electron chi connectivity index (χ1n) is 7.01. The molecule has 1 atom stereocenters. The van der Waals surface area contributed by atoms with Gasteiger partial charge in [0.1, 0.15) is 5.40 Å². The third-order valence-corrected chi connectivity index (χ3v) is 9.45. The SMILES string of the molecule is CC(C)(C)[Si](C)(C)OCC[C@H](SC#N)c1ccccc1. The van der Waals surface area contributed by atoms with Crippen molar-refractivity contribution in [1.29, 1.82) is 5.26 Å². The predicted molar refractivity (Wildman–Crippen MR) is 90.2 cm³/mol. The highest BCUT2D eigenvalue weighted by Gasteiger charge is 2.37. The molecule has 0 spiro atoms. The molecule has 0 heterocycles. The van der Waals surface area contributed by atoms with Crippen LogP contribution in [0.2, 0.25) is 18.1 Å². The van der Waals surface area contributed by atoms with Crippen molar-refractivity contribution < 1.29 is 4.43 Å². The van der Waals surface area contributed by atoms with Crippen LogP contribution in [-0.4, -0.2) is 14.9 Å². The van der Waals surface area contributed by atoms with E-state index in [1.165, 1.54) is 17.3 Å². The third-order valence-electron chi connectivity index (χ3n) is 4.02. The summed E-state index contributed by atoms with van der Waals surface area (Å²) >= 11 is 1.33. The van der Waals surface area contributed by atoms with Gasteiger partial charge in [0.05, 0.1) is 0 Å². The van der Waals surface area contributed by atoms with Crippen LogP contribution in [0.3, 0.4) is 0 Å². The molecule has 1 aromatic carbocycles. The van der Waals surface area contributed by atoms with Gasteiger partial charge in [-0.2, -0.15) is 5.26 Å². The summed E-state index contributed by atoms with van der Waals surface area (Å²) in [5.74, 6) is 0. The van der Waals surface area contributed by atoms with Crippen LogP contribution in [0, 0.1) is 10.7 Å². The number of nitriles is 1. The quantitative estimate of drug-likeness (QED) is 0.524. The number of hydrogen-bond acceptors (Lipinski definition) is 3. The maximum Gasteiger partial charge on any atom is 0.191 e. The van der Waals surface area contributed by atoms with E-state index in [-0.39, 0.29) is 10.3 Å². The van der Waals surface area contributed by atoms with E-state index in [1.54, 1.807) is 0 Å². The fourth-order valence-corrected chi connectivity index (χ4v) is 3.36. The molecular formula is C16H25NOSSi. The van der Waals surface area contributed by atoms with Gasteiger partial charge in [-0.1, -0.05) is 51.1 Å². The first-order chi connectivity index (χ1) is 9.28. The molecule has 0 unspecified atom stereocenters. The lowest BCUT2D eigenvalue weighted by atomic mass is 10.1. The molecule has 0 amide bonds. The summed E-state index contributed by atoms with van der Waals surface area (Å²) in [5, 5.41) is 11.6. The molecule has 0 N–H and O–H groups in total. The van der Waals surface area contributed by atoms with Crippen LogP contribution in [0.4, 0.5) is 0 Å². The van der Waals surface area contributed by atoms with E-state index in [1.807, 2.05) is 18.2 Å². The highest BCUT2D eigenvalue weighted by Crippen LogP contribution is 2.38. The van der Waals surface area contributed by atoms with Crippen molar-refractivity contribution in [3.05, 3.63) is 35.9 Å². The molecule has 4 heteroatoms. The standard InChI is InChI=1S/C16H25NOSSi/c1-16(2,3)20(4,5)18-12-11-15(19-13-17)14-9-7-6-8-10-14/h6-10,15H,11-12H2,1-5H3/t15-/m0/s1. The van der Waals surface area contributed by atoms with Gasteiger partial charge in [-0.25, -0.2) is 0 Å². The minimum Gasteiger partial charge on any atom is -0.417 e. The van der Waals surface area contributed by atoms with Gasteiger partial charge in [-0.05, 0) is 41.9 Å². The maximum atomic E-state index is 8.97. The Morgan fingerprint density at radius 3 is 2.35 bits per heavy atom. The van der Waals surface area contributed by atoms with Crippen molar-refractivity contribution in [3.8, 4) is 5.40 Å². The van der Waals surface area contributed by atoms with Crippen LogP contribution < -0.4 is 0 Å². The predicted octanol–water partition coefficient (Wildman–Crippen LogP) is 5.35. The zero-order valence-corrected chi connectivity index (χ0v) is 15.0. The van der Waals surface area contributed by atoms with E-state index >= 15 is 0 Å². The number of rotatable bonds is 6. The van der Waals surface area contributed by atoms with Crippen LogP contribution in [-0.2, 0) is 4.43 Å². The molecule has 20 heavy (non-hydrogen) atoms. The van der Waals surface area contributed by atoms with Gasteiger partial charge in [0.15, 0.2) is 8.32 Å². The van der Waals surface area contributed by atoms with Crippen LogP contribution in [0.25, 0.3) is 0 Å². The first kappa shape index (κ1) is 17.3. The molecule has 0 aromatic heterocycles. The van der Waals surface area contributed by atoms with Gasteiger partial charge in [0.2, 0.25) is 0 Å². The van der Waals surface area contributed by atoms with Gasteiger partial charge in [-0.3, -0.25) is 0 Å². The minimum atomic E-state index is -1.69. The molecule has 1 rings (SSSR count). The van der Waals surface area contributed by atoms with Crippen LogP contribution in [0.15, 0.2) is 30.3 Å². The zero-order chi connectivity index (χ0) is 15.2. The van der Waals surface area contributed by atoms with Crippen LogP contribution in [0.5, 0.6) is 0 Å². The summed E-state index contributed by atoms with van der Waals surface area (Å²) in [4.78, 5) is 0. The normalized spacial score (nSPS) is 13.8. The number of thiocyanates is 1.